The molecule has 0 unspecified atom stereocenters. The van der Waals surface area contributed by atoms with Gasteiger partial charge in [-0.15, -0.1) is 0 Å². The summed E-state index contributed by atoms with van der Waals surface area (Å²) in [6.07, 6.45) is 1.63. The van der Waals surface area contributed by atoms with E-state index in [1.165, 1.54) is 0 Å². The third-order valence-electron chi connectivity index (χ3n) is 3.19. The summed E-state index contributed by atoms with van der Waals surface area (Å²) in [5.74, 6) is 1.37. The number of rotatable bonds is 3. The molecule has 3 N–H and O–H groups in total. The second-order valence-corrected chi connectivity index (χ2v) is 4.43. The number of methoxy groups -OCH3 is 1. The van der Waals surface area contributed by atoms with Crippen LogP contribution in [0.1, 0.15) is 5.56 Å². The lowest BCUT2D eigenvalue weighted by molar-refractivity contribution is 0.417. The predicted molar refractivity (Wildman–Crippen MR) is 80.6 cm³/mol. The Morgan fingerprint density at radius 1 is 1.33 bits per heavy atom. The van der Waals surface area contributed by atoms with Crippen molar-refractivity contribution < 1.29 is 4.74 Å². The van der Waals surface area contributed by atoms with Gasteiger partial charge in [-0.1, -0.05) is 12.1 Å². The molecule has 0 saturated carbocycles. The zero-order chi connectivity index (χ0) is 14.8. The number of ether oxygens (including phenoxy) is 1. The average molecular weight is 279 g/mol. The van der Waals surface area contributed by atoms with E-state index in [1.807, 2.05) is 24.3 Å². The van der Waals surface area contributed by atoms with Crippen molar-refractivity contribution in [2.75, 3.05) is 18.2 Å². The highest BCUT2D eigenvalue weighted by molar-refractivity contribution is 5.77. The lowest BCUT2D eigenvalue weighted by Crippen LogP contribution is -2.04. The lowest BCUT2D eigenvalue weighted by atomic mass is 10.2. The number of pyridine rings is 1. The quantitative estimate of drug-likeness (QED) is 0.769. The van der Waals surface area contributed by atoms with Crippen LogP contribution in [0.25, 0.3) is 5.52 Å². The molecule has 104 valence electrons. The molecule has 0 spiro atoms. The number of benzene rings is 1. The van der Waals surface area contributed by atoms with Gasteiger partial charge in [0.2, 0.25) is 0 Å². The molecule has 0 aliphatic heterocycles. The van der Waals surface area contributed by atoms with Crippen LogP contribution in [0.2, 0.25) is 0 Å². The summed E-state index contributed by atoms with van der Waals surface area (Å²) in [6.45, 7) is 0. The lowest BCUT2D eigenvalue weighted by Gasteiger charge is -2.13. The molecule has 0 aliphatic rings. The molecule has 0 bridgehead atoms. The number of para-hydroxylation sites is 2. The first-order valence-electron chi connectivity index (χ1n) is 6.31. The number of nitrogen functional groups attached to an aromatic ring is 1. The number of anilines is 3. The molecule has 0 amide bonds. The Kier molecular flexibility index (Phi) is 3.09. The Balaban J connectivity index is 2.14. The van der Waals surface area contributed by atoms with Crippen molar-refractivity contribution in [3.8, 4) is 11.8 Å². The van der Waals surface area contributed by atoms with Crippen LogP contribution < -0.4 is 15.8 Å². The van der Waals surface area contributed by atoms with E-state index in [4.69, 9.17) is 10.5 Å². The van der Waals surface area contributed by atoms with Gasteiger partial charge >= 0.3 is 0 Å². The van der Waals surface area contributed by atoms with Crippen molar-refractivity contribution in [3.05, 3.63) is 48.2 Å². The molecule has 0 radical (unpaired) electrons. The SMILES string of the molecule is COc1ccccc1Nc1cc(N)c(C#N)c2ccnn12. The fourth-order valence-electron chi connectivity index (χ4n) is 2.21. The molecule has 0 saturated heterocycles. The van der Waals surface area contributed by atoms with Crippen LogP contribution in [0.5, 0.6) is 5.75 Å². The van der Waals surface area contributed by atoms with E-state index in [9.17, 15) is 5.26 Å². The molecule has 3 aromatic rings. The van der Waals surface area contributed by atoms with E-state index in [2.05, 4.69) is 16.5 Å². The van der Waals surface area contributed by atoms with Crippen molar-refractivity contribution in [2.45, 2.75) is 0 Å². The topological polar surface area (TPSA) is 88.4 Å². The molecule has 0 atom stereocenters. The first-order valence-corrected chi connectivity index (χ1v) is 6.31. The highest BCUT2D eigenvalue weighted by Gasteiger charge is 2.12. The molecular formula is C15H13N5O. The summed E-state index contributed by atoms with van der Waals surface area (Å²) in [5.41, 5.74) is 8.22. The second kappa shape index (κ2) is 5.06. The largest absolute Gasteiger partial charge is 0.495 e. The molecular weight excluding hydrogens is 266 g/mol. The van der Waals surface area contributed by atoms with Crippen LogP contribution in [0, 0.1) is 11.3 Å². The Morgan fingerprint density at radius 2 is 2.14 bits per heavy atom. The van der Waals surface area contributed by atoms with Crippen LogP contribution in [-0.2, 0) is 0 Å². The van der Waals surface area contributed by atoms with Gasteiger partial charge in [0.05, 0.1) is 30.2 Å². The minimum Gasteiger partial charge on any atom is -0.495 e. The predicted octanol–water partition coefficient (Wildman–Crippen LogP) is 2.54. The standard InChI is InChI=1S/C15H13N5O/c1-21-14-5-3-2-4-12(14)19-15-8-11(17)10(9-16)13-6-7-18-20(13)15/h2-8,19H,17H2,1H3. The molecule has 3 rings (SSSR count). The minimum absolute atomic E-state index is 0.405. The van der Waals surface area contributed by atoms with E-state index in [-0.39, 0.29) is 0 Å². The Morgan fingerprint density at radius 3 is 2.90 bits per heavy atom. The summed E-state index contributed by atoms with van der Waals surface area (Å²) in [5, 5.41) is 16.6. The summed E-state index contributed by atoms with van der Waals surface area (Å²) in [4.78, 5) is 0. The summed E-state index contributed by atoms with van der Waals surface area (Å²) in [6, 6.07) is 13.1. The summed E-state index contributed by atoms with van der Waals surface area (Å²) in [7, 11) is 1.61. The van der Waals surface area contributed by atoms with Gasteiger partial charge in [0.1, 0.15) is 23.2 Å². The molecule has 1 aromatic carbocycles. The smallest absolute Gasteiger partial charge is 0.142 e. The van der Waals surface area contributed by atoms with E-state index in [1.54, 1.807) is 30.0 Å². The van der Waals surface area contributed by atoms with Gasteiger partial charge in [0.25, 0.3) is 0 Å². The first-order chi connectivity index (χ1) is 10.2. The molecule has 0 aliphatic carbocycles. The number of fused-ring (bicyclic) bond motifs is 1. The highest BCUT2D eigenvalue weighted by atomic mass is 16.5. The van der Waals surface area contributed by atoms with Crippen molar-refractivity contribution in [3.63, 3.8) is 0 Å². The first kappa shape index (κ1) is 12.8. The van der Waals surface area contributed by atoms with Gasteiger partial charge in [0, 0.05) is 6.07 Å². The van der Waals surface area contributed by atoms with E-state index in [0.717, 1.165) is 5.69 Å². The molecule has 2 heterocycles. The van der Waals surface area contributed by atoms with Crippen molar-refractivity contribution in [2.24, 2.45) is 0 Å². The zero-order valence-electron chi connectivity index (χ0n) is 11.4. The van der Waals surface area contributed by atoms with Gasteiger partial charge < -0.3 is 15.8 Å². The molecule has 2 aromatic heterocycles. The second-order valence-electron chi connectivity index (χ2n) is 4.43. The van der Waals surface area contributed by atoms with Gasteiger partial charge in [-0.05, 0) is 18.2 Å². The number of nitrogens with zero attached hydrogens (tertiary/aromatic N) is 3. The number of nitrogens with one attached hydrogen (secondary N) is 1. The Hall–Kier alpha value is -3.20. The summed E-state index contributed by atoms with van der Waals surface area (Å²) < 4.78 is 6.95. The number of aromatic nitrogens is 2. The van der Waals surface area contributed by atoms with Gasteiger partial charge in [-0.2, -0.15) is 10.4 Å². The fourth-order valence-corrected chi connectivity index (χ4v) is 2.21. The highest BCUT2D eigenvalue weighted by Crippen LogP contribution is 2.29. The van der Waals surface area contributed by atoms with E-state index < -0.39 is 0 Å². The van der Waals surface area contributed by atoms with Crippen molar-refractivity contribution in [1.82, 2.24) is 9.61 Å². The van der Waals surface area contributed by atoms with Crippen LogP contribution in [0.3, 0.4) is 0 Å². The van der Waals surface area contributed by atoms with Crippen molar-refractivity contribution in [1.29, 1.82) is 5.26 Å². The number of nitrogens with two attached hydrogens (primary N) is 1. The fraction of sp³-hybridized carbons (Fsp3) is 0.0667. The van der Waals surface area contributed by atoms with Crippen molar-refractivity contribution >= 4 is 22.7 Å². The van der Waals surface area contributed by atoms with Crippen LogP contribution >= 0.6 is 0 Å². The zero-order valence-corrected chi connectivity index (χ0v) is 11.4. The molecule has 6 heteroatoms. The Labute approximate surface area is 121 Å². The maximum Gasteiger partial charge on any atom is 0.142 e. The summed E-state index contributed by atoms with van der Waals surface area (Å²) >= 11 is 0. The number of hydrogen-bond donors (Lipinski definition) is 2. The van der Waals surface area contributed by atoms with Gasteiger partial charge in [-0.3, -0.25) is 0 Å². The normalized spacial score (nSPS) is 10.3. The van der Waals surface area contributed by atoms with Gasteiger partial charge in [-0.25, -0.2) is 4.52 Å². The maximum atomic E-state index is 9.19. The molecule has 6 nitrogen and oxygen atoms in total. The third kappa shape index (κ3) is 2.11. The number of nitriles is 1. The third-order valence-corrected chi connectivity index (χ3v) is 3.19. The van der Waals surface area contributed by atoms with Crippen LogP contribution in [0.15, 0.2) is 42.6 Å². The number of hydrogen-bond acceptors (Lipinski definition) is 5. The van der Waals surface area contributed by atoms with Crippen LogP contribution in [-0.4, -0.2) is 16.7 Å². The van der Waals surface area contributed by atoms with E-state index in [0.29, 0.717) is 28.3 Å². The molecule has 21 heavy (non-hydrogen) atoms. The van der Waals surface area contributed by atoms with Gasteiger partial charge in [0.15, 0.2) is 0 Å². The average Bonchev–Trinajstić information content (AvgIpc) is 2.97. The monoisotopic (exact) mass is 279 g/mol. The maximum absolute atomic E-state index is 9.19. The van der Waals surface area contributed by atoms with Crippen LogP contribution in [0.4, 0.5) is 17.2 Å². The van der Waals surface area contributed by atoms with E-state index >= 15 is 0 Å². The molecule has 0 fully saturated rings. The Bertz CT molecular complexity index is 847. The minimum atomic E-state index is 0.405.